The Morgan fingerprint density at radius 3 is 2.40 bits per heavy atom. The lowest BCUT2D eigenvalue weighted by Gasteiger charge is -2.24. The monoisotopic (exact) mass is 560 g/mol. The molecule has 0 spiro atoms. The number of benzene rings is 3. The van der Waals surface area contributed by atoms with Gasteiger partial charge in [0.25, 0.3) is 10.0 Å². The number of sulfonamides is 1. The molecule has 0 radical (unpaired) electrons. The molecule has 0 unspecified atom stereocenters. The van der Waals surface area contributed by atoms with Crippen molar-refractivity contribution in [3.05, 3.63) is 70.2 Å². The van der Waals surface area contributed by atoms with Gasteiger partial charge in [-0.2, -0.15) is 0 Å². The average Bonchev–Trinajstić information content (AvgIpc) is 3.29. The van der Waals surface area contributed by atoms with Crippen LogP contribution in [0, 0.1) is 0 Å². The van der Waals surface area contributed by atoms with E-state index in [0.29, 0.717) is 34.5 Å². The molecule has 184 valence electrons. The van der Waals surface area contributed by atoms with E-state index in [9.17, 15) is 8.42 Å². The van der Waals surface area contributed by atoms with Crippen LogP contribution in [-0.4, -0.2) is 34.9 Å². The summed E-state index contributed by atoms with van der Waals surface area (Å²) in [6.45, 7) is 1.89. The smallest absolute Gasteiger partial charge is 0.269 e. The number of aromatic nitrogens is 1. The third-order valence-electron chi connectivity index (χ3n) is 5.66. The van der Waals surface area contributed by atoms with Gasteiger partial charge >= 0.3 is 0 Å². The second-order valence-corrected chi connectivity index (χ2v) is 10.4. The fourth-order valence-corrected chi connectivity index (χ4v) is 5.72. The highest BCUT2D eigenvalue weighted by Crippen LogP contribution is 2.37. The van der Waals surface area contributed by atoms with Crippen LogP contribution in [0.4, 0.5) is 5.82 Å². The van der Waals surface area contributed by atoms with Crippen LogP contribution in [0.15, 0.2) is 68.5 Å². The Balaban J connectivity index is 1.94. The Bertz CT molecular complexity index is 1470. The van der Waals surface area contributed by atoms with Crippen LogP contribution >= 0.6 is 15.9 Å². The van der Waals surface area contributed by atoms with Gasteiger partial charge in [-0.3, -0.25) is 0 Å². The van der Waals surface area contributed by atoms with Gasteiger partial charge in [-0.15, -0.1) is 0 Å². The number of hydrogen-bond acceptors (Lipinski definition) is 7. The summed E-state index contributed by atoms with van der Waals surface area (Å²) in [6.07, 6.45) is 0.665. The van der Waals surface area contributed by atoms with Gasteiger partial charge < -0.3 is 18.7 Å². The SMILES string of the molecule is CCc1ccc(OC)c(S(=O)(=O)N(Cc2ccc(OC)cc2OC)c2noc3ccc(Br)cc23)c1. The number of rotatable bonds is 9. The average molecular weight is 561 g/mol. The molecule has 0 N–H and O–H groups in total. The summed E-state index contributed by atoms with van der Waals surface area (Å²) in [5.41, 5.74) is 1.94. The Labute approximate surface area is 212 Å². The van der Waals surface area contributed by atoms with Crippen molar-refractivity contribution in [3.8, 4) is 17.2 Å². The van der Waals surface area contributed by atoms with Crippen LogP contribution < -0.4 is 18.5 Å². The molecular weight excluding hydrogens is 536 g/mol. The highest BCUT2D eigenvalue weighted by molar-refractivity contribution is 9.10. The van der Waals surface area contributed by atoms with Crippen LogP contribution in [0.25, 0.3) is 11.0 Å². The number of hydrogen-bond donors (Lipinski definition) is 0. The first-order valence-electron chi connectivity index (χ1n) is 10.8. The predicted octanol–water partition coefficient (Wildman–Crippen LogP) is 5.57. The molecule has 0 amide bonds. The minimum absolute atomic E-state index is 0.0398. The van der Waals surface area contributed by atoms with Gasteiger partial charge in [-0.25, -0.2) is 12.7 Å². The quantitative estimate of drug-likeness (QED) is 0.264. The van der Waals surface area contributed by atoms with E-state index in [-0.39, 0.29) is 23.0 Å². The molecule has 1 aromatic heterocycles. The summed E-state index contributed by atoms with van der Waals surface area (Å²) in [7, 11) is 0.360. The van der Waals surface area contributed by atoms with Gasteiger partial charge in [0, 0.05) is 16.1 Å². The highest BCUT2D eigenvalue weighted by Gasteiger charge is 2.33. The van der Waals surface area contributed by atoms with Crippen molar-refractivity contribution in [1.29, 1.82) is 0 Å². The van der Waals surface area contributed by atoms with E-state index < -0.39 is 10.0 Å². The lowest BCUT2D eigenvalue weighted by Crippen LogP contribution is -2.31. The molecule has 0 atom stereocenters. The second-order valence-electron chi connectivity index (χ2n) is 7.67. The van der Waals surface area contributed by atoms with E-state index >= 15 is 0 Å². The number of methoxy groups -OCH3 is 3. The number of ether oxygens (including phenoxy) is 3. The van der Waals surface area contributed by atoms with Gasteiger partial charge in [-0.05, 0) is 54.4 Å². The lowest BCUT2D eigenvalue weighted by molar-refractivity contribution is 0.391. The highest BCUT2D eigenvalue weighted by atomic mass is 79.9. The molecule has 0 saturated carbocycles. The topological polar surface area (TPSA) is 91.1 Å². The Kier molecular flexibility index (Phi) is 7.23. The fraction of sp³-hybridized carbons (Fsp3) is 0.240. The number of anilines is 1. The van der Waals surface area contributed by atoms with Crippen LogP contribution in [0.5, 0.6) is 17.2 Å². The first-order chi connectivity index (χ1) is 16.8. The maximum atomic E-state index is 14.2. The number of fused-ring (bicyclic) bond motifs is 1. The summed E-state index contributed by atoms with van der Waals surface area (Å²) in [4.78, 5) is 0.0398. The third-order valence-corrected chi connectivity index (χ3v) is 7.91. The molecule has 8 nitrogen and oxygen atoms in total. The second kappa shape index (κ2) is 10.2. The van der Waals surface area contributed by atoms with E-state index in [1.807, 2.05) is 13.0 Å². The lowest BCUT2D eigenvalue weighted by atomic mass is 10.2. The summed E-state index contributed by atoms with van der Waals surface area (Å²) < 4.78 is 52.2. The molecule has 0 aliphatic heterocycles. The van der Waals surface area contributed by atoms with E-state index in [2.05, 4.69) is 21.1 Å². The molecule has 0 aliphatic carbocycles. The molecule has 1 heterocycles. The Hall–Kier alpha value is -3.24. The minimum atomic E-state index is -4.16. The fourth-order valence-electron chi connectivity index (χ4n) is 3.75. The van der Waals surface area contributed by atoms with Crippen LogP contribution in [0.1, 0.15) is 18.1 Å². The van der Waals surface area contributed by atoms with Crippen molar-refractivity contribution in [2.24, 2.45) is 0 Å². The van der Waals surface area contributed by atoms with Crippen molar-refractivity contribution in [3.63, 3.8) is 0 Å². The molecule has 35 heavy (non-hydrogen) atoms. The van der Waals surface area contributed by atoms with E-state index in [0.717, 1.165) is 10.0 Å². The van der Waals surface area contributed by atoms with Crippen LogP contribution in [0.2, 0.25) is 0 Å². The van der Waals surface area contributed by atoms with Crippen molar-refractivity contribution in [2.75, 3.05) is 25.6 Å². The number of aryl methyl sites for hydroxylation is 1. The van der Waals surface area contributed by atoms with Crippen molar-refractivity contribution < 1.29 is 27.2 Å². The summed E-state index contributed by atoms with van der Waals surface area (Å²) in [5.74, 6) is 1.46. The molecule has 0 aliphatic rings. The molecule has 0 bridgehead atoms. The summed E-state index contributed by atoms with van der Waals surface area (Å²) in [5, 5.41) is 4.70. The van der Waals surface area contributed by atoms with Gasteiger partial charge in [0.1, 0.15) is 22.1 Å². The predicted molar refractivity (Wildman–Crippen MR) is 137 cm³/mol. The van der Waals surface area contributed by atoms with Gasteiger partial charge in [0.2, 0.25) is 0 Å². The molecule has 4 rings (SSSR count). The maximum Gasteiger partial charge on any atom is 0.269 e. The van der Waals surface area contributed by atoms with Gasteiger partial charge in [0.15, 0.2) is 11.4 Å². The Morgan fingerprint density at radius 2 is 1.71 bits per heavy atom. The van der Waals surface area contributed by atoms with Crippen molar-refractivity contribution >= 4 is 42.7 Å². The molecule has 3 aromatic carbocycles. The maximum absolute atomic E-state index is 14.2. The van der Waals surface area contributed by atoms with Crippen LogP contribution in [0.3, 0.4) is 0 Å². The van der Waals surface area contributed by atoms with Crippen molar-refractivity contribution in [1.82, 2.24) is 5.16 Å². The minimum Gasteiger partial charge on any atom is -0.497 e. The Morgan fingerprint density at radius 1 is 0.943 bits per heavy atom. The van der Waals surface area contributed by atoms with Gasteiger partial charge in [0.05, 0.1) is 33.3 Å². The largest absolute Gasteiger partial charge is 0.497 e. The number of halogens is 1. The van der Waals surface area contributed by atoms with E-state index in [1.165, 1.54) is 18.5 Å². The molecule has 4 aromatic rings. The molecule has 10 heteroatoms. The van der Waals surface area contributed by atoms with Crippen LogP contribution in [-0.2, 0) is 23.0 Å². The van der Waals surface area contributed by atoms with E-state index in [1.54, 1.807) is 55.6 Å². The summed E-state index contributed by atoms with van der Waals surface area (Å²) >= 11 is 3.45. The normalized spacial score (nSPS) is 11.5. The van der Waals surface area contributed by atoms with E-state index in [4.69, 9.17) is 18.7 Å². The summed E-state index contributed by atoms with van der Waals surface area (Å²) in [6, 6.07) is 15.7. The first-order valence-corrected chi connectivity index (χ1v) is 13.0. The zero-order valence-electron chi connectivity index (χ0n) is 19.7. The zero-order chi connectivity index (χ0) is 25.2. The third kappa shape index (κ3) is 4.81. The molecular formula is C25H25BrN2O6S. The molecule has 0 saturated heterocycles. The molecule has 0 fully saturated rings. The van der Waals surface area contributed by atoms with Crippen molar-refractivity contribution in [2.45, 2.75) is 24.8 Å². The zero-order valence-corrected chi connectivity index (χ0v) is 22.1. The van der Waals surface area contributed by atoms with Gasteiger partial charge in [-0.1, -0.05) is 34.1 Å². The number of nitrogens with zero attached hydrogens (tertiary/aromatic N) is 2. The first kappa shape index (κ1) is 24.9. The standard InChI is InChI=1S/C25H25BrN2O6S/c1-5-16-6-10-22(32-3)24(12-16)35(29,30)28(15-17-7-9-19(31-2)14-23(17)33-4)25-20-13-18(26)8-11-21(20)34-27-25/h6-14H,5,15H2,1-4H3.